The second-order valence-corrected chi connectivity index (χ2v) is 5.31. The summed E-state index contributed by atoms with van der Waals surface area (Å²) in [6.07, 6.45) is 1.88. The van der Waals surface area contributed by atoms with Crippen LogP contribution in [0.3, 0.4) is 0 Å². The molecule has 5 heteroatoms. The van der Waals surface area contributed by atoms with Crippen molar-refractivity contribution >= 4 is 17.8 Å². The van der Waals surface area contributed by atoms with Gasteiger partial charge < -0.3 is 17.3 Å². The summed E-state index contributed by atoms with van der Waals surface area (Å²) in [5.41, 5.74) is 3.26. The molecule has 0 heterocycles. The number of rotatable bonds is 5. The fourth-order valence-electron chi connectivity index (χ4n) is 1.95. The number of halogens is 2. The summed E-state index contributed by atoms with van der Waals surface area (Å²) in [5, 5.41) is 0.736. The standard InChI is InChI=1S/C17H19ClN2.ClH.Pt/c1-20(2)12-11-19-13-16-15(9-6-10-17(16)18)14-7-4-3-5-8-14;;/h3-10,13H,11-12H2,1-2H3;1H;/q;;+2/p-1. The molecule has 0 saturated carbocycles. The first-order valence-corrected chi connectivity index (χ1v) is 7.05. The molecule has 0 aromatic heterocycles. The second-order valence-electron chi connectivity index (χ2n) is 4.91. The van der Waals surface area contributed by atoms with E-state index in [4.69, 9.17) is 11.6 Å². The molecule has 0 N–H and O–H groups in total. The van der Waals surface area contributed by atoms with E-state index < -0.39 is 0 Å². The SMILES string of the molecule is CN(C)CCN=Cc1c(Cl)cccc1-c1ccccc1.[Cl-].[Pt+2]. The van der Waals surface area contributed by atoms with Crippen molar-refractivity contribution in [3.05, 3.63) is 59.1 Å². The molecule has 0 aliphatic carbocycles. The summed E-state index contributed by atoms with van der Waals surface area (Å²) in [6.45, 7) is 1.70. The van der Waals surface area contributed by atoms with Crippen LogP contribution >= 0.6 is 11.6 Å². The summed E-state index contributed by atoms with van der Waals surface area (Å²) >= 11 is 6.32. The van der Waals surface area contributed by atoms with E-state index >= 15 is 0 Å². The molecule has 2 aromatic rings. The predicted octanol–water partition coefficient (Wildman–Crippen LogP) is 0.989. The minimum absolute atomic E-state index is 0. The number of hydrogen-bond donors (Lipinski definition) is 0. The molecule has 0 fully saturated rings. The van der Waals surface area contributed by atoms with Crippen LogP contribution in [0.2, 0.25) is 5.02 Å². The fraction of sp³-hybridized carbons (Fsp3) is 0.235. The Morgan fingerprint density at radius 1 is 1.05 bits per heavy atom. The molecular weight excluding hydrogens is 498 g/mol. The first-order chi connectivity index (χ1) is 9.68. The zero-order valence-corrected chi connectivity index (χ0v) is 16.4. The summed E-state index contributed by atoms with van der Waals surface area (Å²) in [7, 11) is 4.08. The van der Waals surface area contributed by atoms with Crippen molar-refractivity contribution in [1.29, 1.82) is 0 Å². The third-order valence-corrected chi connectivity index (χ3v) is 3.36. The molecular formula is C17H19Cl2N2Pt+. The van der Waals surface area contributed by atoms with Crippen molar-refractivity contribution in [3.8, 4) is 11.1 Å². The second kappa shape index (κ2) is 11.0. The van der Waals surface area contributed by atoms with Gasteiger partial charge in [-0.2, -0.15) is 0 Å². The molecule has 0 aliphatic rings. The Morgan fingerprint density at radius 2 is 1.73 bits per heavy atom. The minimum Gasteiger partial charge on any atom is -1.00 e. The van der Waals surface area contributed by atoms with Crippen LogP contribution < -0.4 is 12.4 Å². The quantitative estimate of drug-likeness (QED) is 0.541. The zero-order valence-electron chi connectivity index (χ0n) is 12.6. The van der Waals surface area contributed by atoms with Crippen molar-refractivity contribution < 1.29 is 33.5 Å². The van der Waals surface area contributed by atoms with Crippen LogP contribution in [-0.4, -0.2) is 38.3 Å². The van der Waals surface area contributed by atoms with Crippen LogP contribution in [0, 0.1) is 0 Å². The molecule has 22 heavy (non-hydrogen) atoms. The zero-order chi connectivity index (χ0) is 14.4. The van der Waals surface area contributed by atoms with Gasteiger partial charge in [-0.05, 0) is 31.3 Å². The number of nitrogens with zero attached hydrogens (tertiary/aromatic N) is 2. The van der Waals surface area contributed by atoms with Gasteiger partial charge >= 0.3 is 21.1 Å². The summed E-state index contributed by atoms with van der Waals surface area (Å²) in [5.74, 6) is 0. The van der Waals surface area contributed by atoms with Gasteiger partial charge in [0, 0.05) is 23.3 Å². The maximum atomic E-state index is 6.32. The van der Waals surface area contributed by atoms with Gasteiger partial charge in [-0.3, -0.25) is 4.99 Å². The van der Waals surface area contributed by atoms with Gasteiger partial charge in [-0.15, -0.1) is 0 Å². The van der Waals surface area contributed by atoms with Gasteiger partial charge in [0.15, 0.2) is 0 Å². The van der Waals surface area contributed by atoms with E-state index in [9.17, 15) is 0 Å². The smallest absolute Gasteiger partial charge is 1.00 e. The Morgan fingerprint density at radius 3 is 2.36 bits per heavy atom. The average Bonchev–Trinajstić information content (AvgIpc) is 2.45. The number of hydrogen-bond acceptors (Lipinski definition) is 2. The van der Waals surface area contributed by atoms with Crippen LogP contribution in [-0.2, 0) is 21.1 Å². The Hall–Kier alpha value is -0.662. The molecule has 0 amide bonds. The molecule has 2 aromatic carbocycles. The van der Waals surface area contributed by atoms with Crippen LogP contribution in [0.15, 0.2) is 53.5 Å². The van der Waals surface area contributed by atoms with E-state index in [-0.39, 0.29) is 33.5 Å². The summed E-state index contributed by atoms with van der Waals surface area (Å²) in [6, 6.07) is 16.2. The monoisotopic (exact) mass is 516 g/mol. The topological polar surface area (TPSA) is 15.6 Å². The van der Waals surface area contributed by atoms with E-state index in [1.54, 1.807) is 0 Å². The first kappa shape index (κ1) is 21.3. The van der Waals surface area contributed by atoms with E-state index in [1.165, 1.54) is 0 Å². The van der Waals surface area contributed by atoms with Gasteiger partial charge in [0.1, 0.15) is 0 Å². The molecule has 0 unspecified atom stereocenters. The Kier molecular flexibility index (Phi) is 10.6. The van der Waals surface area contributed by atoms with Crippen molar-refractivity contribution in [3.63, 3.8) is 0 Å². The van der Waals surface area contributed by atoms with Gasteiger partial charge in [0.25, 0.3) is 0 Å². The molecule has 0 radical (unpaired) electrons. The summed E-state index contributed by atoms with van der Waals surface area (Å²) < 4.78 is 0. The van der Waals surface area contributed by atoms with Crippen LogP contribution in [0.5, 0.6) is 0 Å². The number of likely N-dealkylation sites (N-methyl/N-ethyl adjacent to an activating group) is 1. The van der Waals surface area contributed by atoms with E-state index in [1.807, 2.05) is 50.6 Å². The maximum absolute atomic E-state index is 6.32. The average molecular weight is 517 g/mol. The predicted molar refractivity (Wildman–Crippen MR) is 87.9 cm³/mol. The molecule has 2 rings (SSSR count). The molecule has 0 saturated heterocycles. The molecule has 0 aliphatic heterocycles. The van der Waals surface area contributed by atoms with Crippen LogP contribution in [0.4, 0.5) is 0 Å². The Balaban J connectivity index is 0.00000220. The van der Waals surface area contributed by atoms with E-state index in [0.717, 1.165) is 34.8 Å². The third kappa shape index (κ3) is 6.22. The van der Waals surface area contributed by atoms with E-state index in [2.05, 4.69) is 28.1 Å². The van der Waals surface area contributed by atoms with Crippen LogP contribution in [0.1, 0.15) is 5.56 Å². The van der Waals surface area contributed by atoms with Crippen molar-refractivity contribution in [2.24, 2.45) is 4.99 Å². The van der Waals surface area contributed by atoms with Crippen molar-refractivity contribution in [2.75, 3.05) is 27.2 Å². The third-order valence-electron chi connectivity index (χ3n) is 3.03. The van der Waals surface area contributed by atoms with E-state index in [0.29, 0.717) is 0 Å². The molecule has 0 bridgehead atoms. The molecule has 120 valence electrons. The Labute approximate surface area is 158 Å². The van der Waals surface area contributed by atoms with Crippen LogP contribution in [0.25, 0.3) is 11.1 Å². The maximum Gasteiger partial charge on any atom is 2.00 e. The van der Waals surface area contributed by atoms with Gasteiger partial charge in [0.2, 0.25) is 0 Å². The van der Waals surface area contributed by atoms with Gasteiger partial charge in [-0.25, -0.2) is 0 Å². The molecule has 0 spiro atoms. The number of benzene rings is 2. The molecule has 2 nitrogen and oxygen atoms in total. The molecule has 0 atom stereocenters. The number of aliphatic imine (C=N–C) groups is 1. The summed E-state index contributed by atoms with van der Waals surface area (Å²) in [4.78, 5) is 6.59. The van der Waals surface area contributed by atoms with Crippen molar-refractivity contribution in [2.45, 2.75) is 0 Å². The Bertz CT molecular complexity index is 586. The minimum atomic E-state index is 0. The van der Waals surface area contributed by atoms with Crippen molar-refractivity contribution in [1.82, 2.24) is 4.90 Å². The fourth-order valence-corrected chi connectivity index (χ4v) is 2.17. The van der Waals surface area contributed by atoms with Gasteiger partial charge in [-0.1, -0.05) is 54.1 Å². The van der Waals surface area contributed by atoms with Gasteiger partial charge in [0.05, 0.1) is 6.54 Å². The largest absolute Gasteiger partial charge is 2.00 e. The normalized spacial score (nSPS) is 10.4. The first-order valence-electron chi connectivity index (χ1n) is 6.67.